The average molecular weight is 407 g/mol. The molecule has 0 aliphatic carbocycles. The van der Waals surface area contributed by atoms with Crippen LogP contribution in [0, 0.1) is 0 Å². The zero-order chi connectivity index (χ0) is 18.6. The Balaban J connectivity index is 1.44. The maximum Gasteiger partial charge on any atom is 0.273 e. The van der Waals surface area contributed by atoms with Crippen LogP contribution in [0.25, 0.3) is 0 Å². The van der Waals surface area contributed by atoms with Crippen molar-refractivity contribution in [1.29, 1.82) is 0 Å². The summed E-state index contributed by atoms with van der Waals surface area (Å²) in [5.41, 5.74) is 1.66. The van der Waals surface area contributed by atoms with E-state index < -0.39 is 10.0 Å². The molecule has 2 atom stereocenters. The highest BCUT2D eigenvalue weighted by molar-refractivity contribution is 8.02. The van der Waals surface area contributed by atoms with Crippen LogP contribution in [0.3, 0.4) is 0 Å². The fraction of sp³-hybridized carbons (Fsp3) is 0.400. The molecule has 2 saturated heterocycles. The second-order valence-electron chi connectivity index (χ2n) is 6.79. The van der Waals surface area contributed by atoms with Crippen LogP contribution in [0.1, 0.15) is 23.3 Å². The molecule has 1 amide bonds. The molecule has 10 nitrogen and oxygen atoms in total. The molecule has 4 heterocycles. The van der Waals surface area contributed by atoms with Crippen molar-refractivity contribution in [2.45, 2.75) is 29.8 Å². The van der Waals surface area contributed by atoms with Gasteiger partial charge in [-0.2, -0.15) is 4.31 Å². The first-order chi connectivity index (χ1) is 13.1. The van der Waals surface area contributed by atoms with Gasteiger partial charge < -0.3 is 14.3 Å². The van der Waals surface area contributed by atoms with Crippen molar-refractivity contribution in [3.8, 4) is 0 Å². The largest absolute Gasteiger partial charge is 0.334 e. The number of aromatic amines is 1. The van der Waals surface area contributed by atoms with Gasteiger partial charge in [-0.25, -0.2) is 8.42 Å². The van der Waals surface area contributed by atoms with E-state index in [0.29, 0.717) is 24.5 Å². The Morgan fingerprint density at radius 2 is 1.96 bits per heavy atom. The van der Waals surface area contributed by atoms with Crippen molar-refractivity contribution in [2.75, 3.05) is 22.5 Å². The Labute approximate surface area is 160 Å². The molecule has 2 fully saturated rings. The number of nitrogens with one attached hydrogen (secondary N) is 3. The standard InChI is InChI=1S/C15H17N7O3S2/c23-15(12-6-16-20-17-12)21-7-9-4-5-10(8-21)22(9)27(24,25)13-3-1-2-11-14(13)19-26-18-11/h1-3,6,9-10,18-19H,4-5,7-8H2,(H,16,17,20). The Kier molecular flexibility index (Phi) is 3.81. The molecular formula is C15H17N7O3S2. The highest BCUT2D eigenvalue weighted by Gasteiger charge is 2.48. The number of fused-ring (bicyclic) bond motifs is 3. The van der Waals surface area contributed by atoms with Crippen LogP contribution in [-0.4, -0.2) is 64.1 Å². The smallest absolute Gasteiger partial charge is 0.273 e. The molecule has 2 aromatic rings. The molecule has 2 unspecified atom stereocenters. The van der Waals surface area contributed by atoms with Gasteiger partial charge in [-0.1, -0.05) is 11.3 Å². The number of hydrogen-bond acceptors (Lipinski definition) is 8. The van der Waals surface area contributed by atoms with Crippen LogP contribution in [0.2, 0.25) is 0 Å². The van der Waals surface area contributed by atoms with Crippen LogP contribution in [0.4, 0.5) is 11.4 Å². The Bertz CT molecular complexity index is 981. The topological polar surface area (TPSA) is 123 Å². The number of H-pyrrole nitrogens is 1. The molecule has 12 heteroatoms. The summed E-state index contributed by atoms with van der Waals surface area (Å²) in [7, 11) is -3.68. The number of hydrogen-bond donors (Lipinski definition) is 3. The van der Waals surface area contributed by atoms with E-state index in [-0.39, 0.29) is 22.9 Å². The number of amides is 1. The molecule has 3 N–H and O–H groups in total. The zero-order valence-electron chi connectivity index (χ0n) is 14.1. The average Bonchev–Trinajstić information content (AvgIpc) is 3.40. The van der Waals surface area contributed by atoms with Gasteiger partial charge in [0.15, 0.2) is 0 Å². The molecule has 3 aliphatic heterocycles. The lowest BCUT2D eigenvalue weighted by Gasteiger charge is -2.40. The number of nitrogens with zero attached hydrogens (tertiary/aromatic N) is 4. The number of anilines is 2. The van der Waals surface area contributed by atoms with Crippen LogP contribution in [0.15, 0.2) is 29.3 Å². The van der Waals surface area contributed by atoms with E-state index >= 15 is 0 Å². The van der Waals surface area contributed by atoms with Crippen molar-refractivity contribution in [3.63, 3.8) is 0 Å². The Hall–Kier alpha value is -2.31. The lowest BCUT2D eigenvalue weighted by Crippen LogP contribution is -2.57. The predicted octanol–water partition coefficient (Wildman–Crippen LogP) is 0.883. The third-order valence-electron chi connectivity index (χ3n) is 5.24. The summed E-state index contributed by atoms with van der Waals surface area (Å²) in [5.74, 6) is -0.197. The van der Waals surface area contributed by atoms with Crippen LogP contribution in [-0.2, 0) is 10.0 Å². The molecule has 5 rings (SSSR count). The van der Waals surface area contributed by atoms with Crippen molar-refractivity contribution < 1.29 is 13.2 Å². The molecule has 0 spiro atoms. The van der Waals surface area contributed by atoms with Gasteiger partial charge in [-0.3, -0.25) is 9.89 Å². The first-order valence-corrected chi connectivity index (χ1v) is 10.8. The summed E-state index contributed by atoms with van der Waals surface area (Å²) in [4.78, 5) is 14.5. The molecule has 27 heavy (non-hydrogen) atoms. The number of aromatic nitrogens is 3. The number of sulfonamides is 1. The number of benzene rings is 1. The summed E-state index contributed by atoms with van der Waals surface area (Å²) in [5, 5.41) is 9.80. The van der Waals surface area contributed by atoms with E-state index in [2.05, 4.69) is 24.9 Å². The van der Waals surface area contributed by atoms with E-state index in [1.807, 2.05) is 6.07 Å². The van der Waals surface area contributed by atoms with E-state index in [4.69, 9.17) is 0 Å². The predicted molar refractivity (Wildman–Crippen MR) is 99.4 cm³/mol. The van der Waals surface area contributed by atoms with E-state index in [1.165, 1.54) is 18.3 Å². The van der Waals surface area contributed by atoms with Gasteiger partial charge in [-0.05, 0) is 25.0 Å². The fourth-order valence-electron chi connectivity index (χ4n) is 4.08. The molecule has 0 radical (unpaired) electrons. The van der Waals surface area contributed by atoms with Crippen LogP contribution >= 0.6 is 12.1 Å². The van der Waals surface area contributed by atoms with Gasteiger partial charge in [0, 0.05) is 25.2 Å². The Morgan fingerprint density at radius 3 is 2.67 bits per heavy atom. The molecule has 1 aromatic carbocycles. The first-order valence-electron chi connectivity index (χ1n) is 8.55. The van der Waals surface area contributed by atoms with Crippen molar-refractivity contribution >= 4 is 39.4 Å². The first kappa shape index (κ1) is 16.8. The van der Waals surface area contributed by atoms with Crippen LogP contribution < -0.4 is 9.44 Å². The third kappa shape index (κ3) is 2.58. The lowest BCUT2D eigenvalue weighted by molar-refractivity contribution is 0.0609. The summed E-state index contributed by atoms with van der Waals surface area (Å²) >= 11 is 1.25. The number of para-hydroxylation sites is 1. The maximum atomic E-state index is 13.4. The minimum absolute atomic E-state index is 0.197. The van der Waals surface area contributed by atoms with Crippen molar-refractivity contribution in [2.24, 2.45) is 0 Å². The molecule has 1 aromatic heterocycles. The van der Waals surface area contributed by atoms with Crippen molar-refractivity contribution in [3.05, 3.63) is 30.1 Å². The van der Waals surface area contributed by atoms with Gasteiger partial charge >= 0.3 is 0 Å². The van der Waals surface area contributed by atoms with Gasteiger partial charge in [-0.15, -0.1) is 5.10 Å². The van der Waals surface area contributed by atoms with Crippen LogP contribution in [0.5, 0.6) is 0 Å². The highest BCUT2D eigenvalue weighted by Crippen LogP contribution is 2.42. The molecule has 0 saturated carbocycles. The van der Waals surface area contributed by atoms with E-state index in [9.17, 15) is 13.2 Å². The summed E-state index contributed by atoms with van der Waals surface area (Å²) in [6.07, 6.45) is 2.87. The molecular weight excluding hydrogens is 390 g/mol. The molecule has 142 valence electrons. The van der Waals surface area contributed by atoms with E-state index in [1.54, 1.807) is 21.3 Å². The minimum atomic E-state index is -3.68. The number of rotatable bonds is 3. The number of carbonyl (C=O) groups is 1. The van der Waals surface area contributed by atoms with E-state index in [0.717, 1.165) is 18.5 Å². The third-order valence-corrected chi connectivity index (χ3v) is 7.92. The minimum Gasteiger partial charge on any atom is -0.334 e. The second kappa shape index (κ2) is 6.11. The summed E-state index contributed by atoms with van der Waals surface area (Å²) in [6, 6.07) is 4.74. The summed E-state index contributed by atoms with van der Waals surface area (Å²) in [6.45, 7) is 0.728. The number of piperazine rings is 1. The zero-order valence-corrected chi connectivity index (χ0v) is 15.8. The van der Waals surface area contributed by atoms with Gasteiger partial charge in [0.2, 0.25) is 10.0 Å². The monoisotopic (exact) mass is 407 g/mol. The van der Waals surface area contributed by atoms with Gasteiger partial charge in [0.05, 0.1) is 29.7 Å². The SMILES string of the molecule is O=C(c1cnn[nH]1)N1CC2CCC(C1)N2S(=O)(=O)c1cccc2c1NSN2. The number of carbonyl (C=O) groups excluding carboxylic acids is 1. The normalized spacial score (nSPS) is 24.4. The lowest BCUT2D eigenvalue weighted by atomic mass is 10.2. The number of likely N-dealkylation sites (tertiary alicyclic amines) is 1. The quantitative estimate of drug-likeness (QED) is 0.641. The van der Waals surface area contributed by atoms with Gasteiger partial charge in [0.25, 0.3) is 5.91 Å². The fourth-order valence-corrected chi connectivity index (χ4v) is 6.82. The molecule has 3 aliphatic rings. The second-order valence-corrected chi connectivity index (χ2v) is 9.21. The van der Waals surface area contributed by atoms with Crippen molar-refractivity contribution in [1.82, 2.24) is 24.6 Å². The van der Waals surface area contributed by atoms with Gasteiger partial charge in [0.1, 0.15) is 10.6 Å². The maximum absolute atomic E-state index is 13.4. The molecule has 2 bridgehead atoms. The highest BCUT2D eigenvalue weighted by atomic mass is 32.2. The Morgan fingerprint density at radius 1 is 1.19 bits per heavy atom. The summed E-state index contributed by atoms with van der Waals surface area (Å²) < 4.78 is 34.5.